The molecule has 6 atom stereocenters. The lowest BCUT2D eigenvalue weighted by atomic mass is 9.69. The van der Waals surface area contributed by atoms with Crippen LogP contribution in [-0.2, 0) is 0 Å². The van der Waals surface area contributed by atoms with E-state index in [0.29, 0.717) is 5.41 Å². The average molecular weight is 263 g/mol. The Labute approximate surface area is 120 Å². The molecule has 0 aromatic carbocycles. The van der Waals surface area contributed by atoms with Crippen molar-refractivity contribution in [2.75, 3.05) is 13.6 Å². The SMILES string of the molecule is CC(C)CC1C2C3CCC3C(N(C)CC(C)(C)C)C12. The van der Waals surface area contributed by atoms with Crippen molar-refractivity contribution in [3.63, 3.8) is 0 Å². The summed E-state index contributed by atoms with van der Waals surface area (Å²) < 4.78 is 0. The van der Waals surface area contributed by atoms with Gasteiger partial charge in [0, 0.05) is 12.6 Å². The van der Waals surface area contributed by atoms with E-state index in [2.05, 4.69) is 46.6 Å². The van der Waals surface area contributed by atoms with Gasteiger partial charge in [0.15, 0.2) is 0 Å². The van der Waals surface area contributed by atoms with Crippen LogP contribution in [0, 0.1) is 40.9 Å². The highest BCUT2D eigenvalue weighted by Crippen LogP contribution is 2.71. The van der Waals surface area contributed by atoms with Crippen molar-refractivity contribution < 1.29 is 0 Å². The molecule has 0 N–H and O–H groups in total. The Balaban J connectivity index is 1.67. The van der Waals surface area contributed by atoms with Crippen molar-refractivity contribution in [3.05, 3.63) is 0 Å². The molecule has 0 amide bonds. The molecule has 0 heterocycles. The molecule has 1 nitrogen and oxygen atoms in total. The molecule has 19 heavy (non-hydrogen) atoms. The van der Waals surface area contributed by atoms with Gasteiger partial charge in [0.25, 0.3) is 0 Å². The zero-order valence-electron chi connectivity index (χ0n) is 13.8. The van der Waals surface area contributed by atoms with Crippen LogP contribution in [0.25, 0.3) is 0 Å². The molecule has 0 aromatic heterocycles. The zero-order valence-corrected chi connectivity index (χ0v) is 13.8. The van der Waals surface area contributed by atoms with Gasteiger partial charge in [0.1, 0.15) is 0 Å². The summed E-state index contributed by atoms with van der Waals surface area (Å²) in [6, 6.07) is 0.923. The molecule has 3 aliphatic rings. The standard InChI is InChI=1S/C18H33N/c1-11(2)9-14-15-12-7-8-13(12)17(16(14)15)19(6)10-18(3,4)5/h11-17H,7-10H2,1-6H3. The van der Waals surface area contributed by atoms with Crippen molar-refractivity contribution in [2.45, 2.75) is 59.9 Å². The predicted octanol–water partition coefficient (Wildman–Crippen LogP) is 4.28. The summed E-state index contributed by atoms with van der Waals surface area (Å²) in [6.45, 7) is 13.2. The molecule has 0 spiro atoms. The zero-order chi connectivity index (χ0) is 13.9. The third-order valence-corrected chi connectivity index (χ3v) is 5.98. The first-order valence-electron chi connectivity index (χ1n) is 8.50. The lowest BCUT2D eigenvalue weighted by Crippen LogP contribution is -2.46. The first-order chi connectivity index (χ1) is 8.79. The Morgan fingerprint density at radius 1 is 1.05 bits per heavy atom. The minimum atomic E-state index is 0.439. The van der Waals surface area contributed by atoms with E-state index in [4.69, 9.17) is 0 Å². The third kappa shape index (κ3) is 2.37. The van der Waals surface area contributed by atoms with Crippen LogP contribution in [0.15, 0.2) is 0 Å². The molecule has 110 valence electrons. The third-order valence-electron chi connectivity index (χ3n) is 5.98. The molecule has 0 aliphatic heterocycles. The smallest absolute Gasteiger partial charge is 0.0157 e. The van der Waals surface area contributed by atoms with E-state index >= 15 is 0 Å². The van der Waals surface area contributed by atoms with Gasteiger partial charge in [-0.1, -0.05) is 34.6 Å². The van der Waals surface area contributed by atoms with Gasteiger partial charge in [-0.2, -0.15) is 0 Å². The van der Waals surface area contributed by atoms with Gasteiger partial charge in [-0.3, -0.25) is 0 Å². The highest BCUT2D eigenvalue weighted by Gasteiger charge is 2.69. The fraction of sp³-hybridized carbons (Fsp3) is 1.00. The van der Waals surface area contributed by atoms with Crippen molar-refractivity contribution in [2.24, 2.45) is 40.9 Å². The van der Waals surface area contributed by atoms with Crippen LogP contribution in [0.1, 0.15) is 53.9 Å². The molecule has 3 saturated carbocycles. The normalized spacial score (nSPS) is 44.2. The van der Waals surface area contributed by atoms with Crippen molar-refractivity contribution in [1.82, 2.24) is 4.90 Å². The second kappa shape index (κ2) is 4.48. The van der Waals surface area contributed by atoms with E-state index in [1.165, 1.54) is 19.4 Å². The summed E-state index contributed by atoms with van der Waals surface area (Å²) in [5.74, 6) is 6.32. The number of hydrogen-bond acceptors (Lipinski definition) is 1. The van der Waals surface area contributed by atoms with Crippen LogP contribution < -0.4 is 0 Å². The number of fused-ring (bicyclic) bond motifs is 3. The first-order valence-corrected chi connectivity index (χ1v) is 8.50. The number of nitrogens with zero attached hydrogens (tertiary/aromatic N) is 1. The maximum atomic E-state index is 2.74. The number of rotatable bonds is 4. The molecule has 3 aliphatic carbocycles. The van der Waals surface area contributed by atoms with Gasteiger partial charge in [-0.05, 0) is 67.2 Å². The van der Waals surface area contributed by atoms with Gasteiger partial charge in [0.2, 0.25) is 0 Å². The summed E-state index contributed by atoms with van der Waals surface area (Å²) in [4.78, 5) is 2.74. The van der Waals surface area contributed by atoms with E-state index in [-0.39, 0.29) is 0 Å². The van der Waals surface area contributed by atoms with Crippen LogP contribution in [0.5, 0.6) is 0 Å². The Morgan fingerprint density at radius 2 is 1.68 bits per heavy atom. The average Bonchev–Trinajstić information content (AvgIpc) is 2.74. The maximum absolute atomic E-state index is 2.74. The minimum Gasteiger partial charge on any atom is -0.302 e. The molecule has 6 unspecified atom stereocenters. The summed E-state index contributed by atoms with van der Waals surface area (Å²) in [7, 11) is 2.40. The van der Waals surface area contributed by atoms with E-state index in [0.717, 1.165) is 41.5 Å². The van der Waals surface area contributed by atoms with E-state index in [1.54, 1.807) is 6.42 Å². The van der Waals surface area contributed by atoms with Gasteiger partial charge in [0.05, 0.1) is 0 Å². The molecule has 3 fully saturated rings. The minimum absolute atomic E-state index is 0.439. The fourth-order valence-electron chi connectivity index (χ4n) is 5.58. The predicted molar refractivity (Wildman–Crippen MR) is 82.0 cm³/mol. The molecular weight excluding hydrogens is 230 g/mol. The number of hydrogen-bond donors (Lipinski definition) is 0. The van der Waals surface area contributed by atoms with E-state index < -0.39 is 0 Å². The Kier molecular flexibility index (Phi) is 3.28. The second-order valence-corrected chi connectivity index (χ2v) is 9.32. The molecule has 0 radical (unpaired) electrons. The van der Waals surface area contributed by atoms with Gasteiger partial charge < -0.3 is 4.90 Å². The van der Waals surface area contributed by atoms with Gasteiger partial charge >= 0.3 is 0 Å². The van der Waals surface area contributed by atoms with Crippen molar-refractivity contribution in [1.29, 1.82) is 0 Å². The Morgan fingerprint density at radius 3 is 2.16 bits per heavy atom. The first kappa shape index (κ1) is 13.9. The largest absolute Gasteiger partial charge is 0.302 e. The monoisotopic (exact) mass is 263 g/mol. The van der Waals surface area contributed by atoms with Gasteiger partial charge in [-0.15, -0.1) is 0 Å². The highest BCUT2D eigenvalue weighted by molar-refractivity contribution is 5.18. The maximum Gasteiger partial charge on any atom is 0.0157 e. The quantitative estimate of drug-likeness (QED) is 0.731. The molecule has 0 aromatic rings. The molecule has 0 bridgehead atoms. The lowest BCUT2D eigenvalue weighted by molar-refractivity contribution is 0.0512. The molecular formula is C18H33N. The van der Waals surface area contributed by atoms with Crippen LogP contribution in [-0.4, -0.2) is 24.5 Å². The Bertz CT molecular complexity index is 340. The molecule has 3 rings (SSSR count). The Hall–Kier alpha value is -0.0400. The summed E-state index contributed by atoms with van der Waals surface area (Å²) in [6.07, 6.45) is 4.55. The van der Waals surface area contributed by atoms with Crippen molar-refractivity contribution in [3.8, 4) is 0 Å². The summed E-state index contributed by atoms with van der Waals surface area (Å²) >= 11 is 0. The van der Waals surface area contributed by atoms with Crippen molar-refractivity contribution >= 4 is 0 Å². The summed E-state index contributed by atoms with van der Waals surface area (Å²) in [5.41, 5.74) is 0.439. The van der Waals surface area contributed by atoms with E-state index in [9.17, 15) is 0 Å². The van der Waals surface area contributed by atoms with Gasteiger partial charge in [-0.25, -0.2) is 0 Å². The van der Waals surface area contributed by atoms with Crippen LogP contribution in [0.2, 0.25) is 0 Å². The molecule has 0 saturated heterocycles. The fourth-order valence-corrected chi connectivity index (χ4v) is 5.58. The van der Waals surface area contributed by atoms with Crippen LogP contribution in [0.3, 0.4) is 0 Å². The topological polar surface area (TPSA) is 3.24 Å². The molecule has 1 heteroatoms. The highest BCUT2D eigenvalue weighted by atomic mass is 15.2. The lowest BCUT2D eigenvalue weighted by Gasteiger charge is -2.44. The van der Waals surface area contributed by atoms with Crippen LogP contribution in [0.4, 0.5) is 0 Å². The van der Waals surface area contributed by atoms with E-state index in [1.807, 2.05) is 0 Å². The second-order valence-electron chi connectivity index (χ2n) is 9.32. The van der Waals surface area contributed by atoms with Crippen LogP contribution >= 0.6 is 0 Å². The summed E-state index contributed by atoms with van der Waals surface area (Å²) in [5, 5.41) is 0.